The van der Waals surface area contributed by atoms with E-state index in [0.29, 0.717) is 18.2 Å². The zero-order valence-electron chi connectivity index (χ0n) is 11.9. The van der Waals surface area contributed by atoms with Gasteiger partial charge >= 0.3 is 0 Å². The molecule has 2 heterocycles. The van der Waals surface area contributed by atoms with E-state index in [4.69, 9.17) is 10.6 Å². The monoisotopic (exact) mass is 278 g/mol. The van der Waals surface area contributed by atoms with Crippen molar-refractivity contribution in [2.75, 3.05) is 43.6 Å². The normalized spacial score (nSPS) is 20.2. The summed E-state index contributed by atoms with van der Waals surface area (Å²) in [6.45, 7) is 4.62. The van der Waals surface area contributed by atoms with Gasteiger partial charge in [-0.15, -0.1) is 0 Å². The molecular weight excluding hydrogens is 256 g/mol. The molecule has 7 nitrogen and oxygen atoms in total. The molecule has 3 N–H and O–H groups in total. The summed E-state index contributed by atoms with van der Waals surface area (Å²) in [5.74, 6) is 7.69. The molecule has 0 unspecified atom stereocenters. The summed E-state index contributed by atoms with van der Waals surface area (Å²) in [4.78, 5) is 13.7. The Balaban J connectivity index is 1.70. The van der Waals surface area contributed by atoms with Gasteiger partial charge in [-0.1, -0.05) is 0 Å². The van der Waals surface area contributed by atoms with Crippen LogP contribution in [-0.4, -0.2) is 54.2 Å². The number of nitrogen functional groups attached to an aromatic ring is 1. The number of piperazine rings is 1. The molecule has 2 fully saturated rings. The maximum Gasteiger partial charge on any atom is 0.158 e. The van der Waals surface area contributed by atoms with Crippen LogP contribution in [0.2, 0.25) is 0 Å². The Hall–Kier alpha value is -1.44. The minimum Gasteiger partial charge on any atom is -0.377 e. The van der Waals surface area contributed by atoms with Crippen LogP contribution >= 0.6 is 0 Å². The standard InChI is InChI=1S/C13H22N6O/c1-20-9-12-15-11(17-14)8-13(16-12)19-6-4-18(5-7-19)10-2-3-10/h8,10H,2-7,9,14H2,1H3,(H,15,16,17). The van der Waals surface area contributed by atoms with Crippen molar-refractivity contribution in [2.24, 2.45) is 5.84 Å². The van der Waals surface area contributed by atoms with Crippen LogP contribution in [0.5, 0.6) is 0 Å². The Morgan fingerprint density at radius 1 is 1.30 bits per heavy atom. The van der Waals surface area contributed by atoms with Crippen molar-refractivity contribution in [3.63, 3.8) is 0 Å². The first-order valence-corrected chi connectivity index (χ1v) is 7.12. The van der Waals surface area contributed by atoms with E-state index in [1.165, 1.54) is 12.8 Å². The lowest BCUT2D eigenvalue weighted by molar-refractivity contribution is 0.178. The number of hydrogen-bond acceptors (Lipinski definition) is 7. The third-order valence-corrected chi connectivity index (χ3v) is 3.88. The van der Waals surface area contributed by atoms with Crippen LogP contribution in [0.15, 0.2) is 6.07 Å². The van der Waals surface area contributed by atoms with Gasteiger partial charge in [-0.25, -0.2) is 15.8 Å². The van der Waals surface area contributed by atoms with Gasteiger partial charge in [-0.05, 0) is 12.8 Å². The van der Waals surface area contributed by atoms with Gasteiger partial charge in [0.05, 0.1) is 0 Å². The molecule has 20 heavy (non-hydrogen) atoms. The fourth-order valence-corrected chi connectivity index (χ4v) is 2.67. The second-order valence-corrected chi connectivity index (χ2v) is 5.36. The van der Waals surface area contributed by atoms with Gasteiger partial charge in [0.15, 0.2) is 5.82 Å². The van der Waals surface area contributed by atoms with Gasteiger partial charge in [0, 0.05) is 45.4 Å². The van der Waals surface area contributed by atoms with Crippen LogP contribution in [0.1, 0.15) is 18.7 Å². The Bertz CT molecular complexity index is 456. The Morgan fingerprint density at radius 3 is 2.65 bits per heavy atom. The van der Waals surface area contributed by atoms with E-state index >= 15 is 0 Å². The second kappa shape index (κ2) is 5.90. The molecular formula is C13H22N6O. The van der Waals surface area contributed by atoms with E-state index in [-0.39, 0.29) is 0 Å². The maximum atomic E-state index is 5.48. The van der Waals surface area contributed by atoms with Crippen LogP contribution in [0.25, 0.3) is 0 Å². The minimum atomic E-state index is 0.393. The van der Waals surface area contributed by atoms with E-state index in [2.05, 4.69) is 25.2 Å². The predicted octanol–water partition coefficient (Wildman–Crippen LogP) is 0.193. The molecule has 0 bridgehead atoms. The number of methoxy groups -OCH3 is 1. The molecule has 110 valence electrons. The fourth-order valence-electron chi connectivity index (χ4n) is 2.67. The number of anilines is 2. The molecule has 1 aromatic heterocycles. The molecule has 1 aliphatic carbocycles. The summed E-state index contributed by atoms with van der Waals surface area (Å²) in [6.07, 6.45) is 2.74. The molecule has 7 heteroatoms. The van der Waals surface area contributed by atoms with Crippen molar-refractivity contribution >= 4 is 11.6 Å². The topological polar surface area (TPSA) is 79.5 Å². The highest BCUT2D eigenvalue weighted by Crippen LogP contribution is 2.28. The maximum absolute atomic E-state index is 5.48. The van der Waals surface area contributed by atoms with Crippen LogP contribution in [0.3, 0.4) is 0 Å². The first-order chi connectivity index (χ1) is 9.80. The summed E-state index contributed by atoms with van der Waals surface area (Å²) in [5.41, 5.74) is 2.60. The average molecular weight is 278 g/mol. The number of nitrogens with two attached hydrogens (primary N) is 1. The van der Waals surface area contributed by atoms with Gasteiger partial charge in [-0.2, -0.15) is 0 Å². The van der Waals surface area contributed by atoms with Gasteiger partial charge in [0.1, 0.15) is 18.2 Å². The quantitative estimate of drug-likeness (QED) is 0.588. The minimum absolute atomic E-state index is 0.393. The predicted molar refractivity (Wildman–Crippen MR) is 77.4 cm³/mol. The Kier molecular flexibility index (Phi) is 4.00. The average Bonchev–Trinajstić information content (AvgIpc) is 3.32. The van der Waals surface area contributed by atoms with E-state index < -0.39 is 0 Å². The number of ether oxygens (including phenoxy) is 1. The van der Waals surface area contributed by atoms with Crippen LogP contribution in [-0.2, 0) is 11.3 Å². The highest BCUT2D eigenvalue weighted by Gasteiger charge is 2.31. The van der Waals surface area contributed by atoms with Crippen LogP contribution < -0.4 is 16.2 Å². The molecule has 0 amide bonds. The molecule has 0 aromatic carbocycles. The molecule has 0 radical (unpaired) electrons. The SMILES string of the molecule is COCc1nc(NN)cc(N2CCN(C3CC3)CC2)n1. The summed E-state index contributed by atoms with van der Waals surface area (Å²) in [5, 5.41) is 0. The Morgan fingerprint density at radius 2 is 2.05 bits per heavy atom. The highest BCUT2D eigenvalue weighted by molar-refractivity contribution is 5.49. The lowest BCUT2D eigenvalue weighted by Crippen LogP contribution is -2.47. The van der Waals surface area contributed by atoms with Crippen molar-refractivity contribution in [1.29, 1.82) is 0 Å². The van der Waals surface area contributed by atoms with Gasteiger partial charge < -0.3 is 15.1 Å². The molecule has 2 aliphatic rings. The smallest absolute Gasteiger partial charge is 0.158 e. The molecule has 0 spiro atoms. The number of nitrogens with zero attached hydrogens (tertiary/aromatic N) is 4. The van der Waals surface area contributed by atoms with E-state index in [9.17, 15) is 0 Å². The summed E-state index contributed by atoms with van der Waals surface area (Å²) in [7, 11) is 1.64. The Labute approximate surface area is 119 Å². The van der Waals surface area contributed by atoms with Crippen molar-refractivity contribution in [3.05, 3.63) is 11.9 Å². The lowest BCUT2D eigenvalue weighted by atomic mass is 10.3. The zero-order valence-corrected chi connectivity index (χ0v) is 11.9. The molecule has 0 atom stereocenters. The van der Waals surface area contributed by atoms with Crippen molar-refractivity contribution in [2.45, 2.75) is 25.5 Å². The van der Waals surface area contributed by atoms with E-state index in [1.54, 1.807) is 7.11 Å². The largest absolute Gasteiger partial charge is 0.377 e. The summed E-state index contributed by atoms with van der Waals surface area (Å²) < 4.78 is 5.11. The number of rotatable bonds is 5. The number of hydrogen-bond donors (Lipinski definition) is 2. The van der Waals surface area contributed by atoms with Gasteiger partial charge in [0.25, 0.3) is 0 Å². The van der Waals surface area contributed by atoms with E-state index in [0.717, 1.165) is 38.0 Å². The second-order valence-electron chi connectivity index (χ2n) is 5.36. The number of nitrogens with one attached hydrogen (secondary N) is 1. The van der Waals surface area contributed by atoms with Crippen LogP contribution in [0.4, 0.5) is 11.6 Å². The van der Waals surface area contributed by atoms with Gasteiger partial charge in [0.2, 0.25) is 0 Å². The van der Waals surface area contributed by atoms with Crippen molar-refractivity contribution in [3.8, 4) is 0 Å². The number of aromatic nitrogens is 2. The van der Waals surface area contributed by atoms with Crippen molar-refractivity contribution in [1.82, 2.24) is 14.9 Å². The molecule has 1 aromatic rings. The van der Waals surface area contributed by atoms with E-state index in [1.807, 2.05) is 6.07 Å². The third kappa shape index (κ3) is 3.00. The number of hydrazine groups is 1. The first-order valence-electron chi connectivity index (χ1n) is 7.12. The lowest BCUT2D eigenvalue weighted by Gasteiger charge is -2.35. The molecule has 1 saturated heterocycles. The highest BCUT2D eigenvalue weighted by atomic mass is 16.5. The molecule has 1 aliphatic heterocycles. The third-order valence-electron chi connectivity index (χ3n) is 3.88. The summed E-state index contributed by atoms with van der Waals surface area (Å²) in [6, 6.07) is 2.74. The van der Waals surface area contributed by atoms with Gasteiger partial charge in [-0.3, -0.25) is 4.90 Å². The first kappa shape index (κ1) is 13.5. The molecule has 3 rings (SSSR count). The summed E-state index contributed by atoms with van der Waals surface area (Å²) >= 11 is 0. The fraction of sp³-hybridized carbons (Fsp3) is 0.692. The van der Waals surface area contributed by atoms with Crippen LogP contribution in [0, 0.1) is 0 Å². The molecule has 1 saturated carbocycles. The van der Waals surface area contributed by atoms with Crippen molar-refractivity contribution < 1.29 is 4.74 Å². The zero-order chi connectivity index (χ0) is 13.9.